The summed E-state index contributed by atoms with van der Waals surface area (Å²) >= 11 is 0. The van der Waals surface area contributed by atoms with E-state index in [2.05, 4.69) is 15.2 Å². The van der Waals surface area contributed by atoms with Gasteiger partial charge in [0.25, 0.3) is 0 Å². The van der Waals surface area contributed by atoms with Crippen molar-refractivity contribution in [2.75, 3.05) is 0 Å². The minimum atomic E-state index is -0.666. The number of hydrazone groups is 1. The van der Waals surface area contributed by atoms with Crippen molar-refractivity contribution < 1.29 is 18.0 Å². The largest absolute Gasteiger partial charge is 0.273 e. The lowest BCUT2D eigenvalue weighted by atomic mass is 9.55. The van der Waals surface area contributed by atoms with Crippen LogP contribution in [0.3, 0.4) is 0 Å². The second kappa shape index (κ2) is 7.67. The molecule has 4 aliphatic rings. The number of nitrogens with zero attached hydrogens (tertiary/aromatic N) is 5. The maximum atomic E-state index is 14.0. The van der Waals surface area contributed by atoms with Crippen LogP contribution in [0.4, 0.5) is 13.2 Å². The molecule has 0 radical (unpaired) electrons. The highest BCUT2D eigenvalue weighted by molar-refractivity contribution is 5.82. The molecule has 0 N–H and O–H groups in total. The molecule has 2 bridgehead atoms. The maximum absolute atomic E-state index is 14.0. The van der Waals surface area contributed by atoms with E-state index < -0.39 is 23.5 Å². The number of hydrogen-bond donors (Lipinski definition) is 0. The molecule has 33 heavy (non-hydrogen) atoms. The fraction of sp³-hybridized carbons (Fsp3) is 0.417. The van der Waals surface area contributed by atoms with Crippen molar-refractivity contribution in [2.45, 2.75) is 38.3 Å². The predicted molar refractivity (Wildman–Crippen MR) is 114 cm³/mol. The summed E-state index contributed by atoms with van der Waals surface area (Å²) in [4.78, 5) is 17.5. The average Bonchev–Trinajstić information content (AvgIpc) is 3.40. The molecule has 1 unspecified atom stereocenters. The Balaban J connectivity index is 1.22. The molecule has 2 aromatic heterocycles. The van der Waals surface area contributed by atoms with Crippen LogP contribution in [0.1, 0.15) is 37.3 Å². The smallest absolute Gasteiger partial charge is 0.246 e. The monoisotopic (exact) mass is 453 g/mol. The molecule has 1 aromatic carbocycles. The second-order valence-electron chi connectivity index (χ2n) is 9.41. The Morgan fingerprint density at radius 2 is 1.79 bits per heavy atom. The summed E-state index contributed by atoms with van der Waals surface area (Å²) in [5.41, 5.74) is 1.06. The molecule has 3 heterocycles. The number of amides is 1. The van der Waals surface area contributed by atoms with Crippen molar-refractivity contribution in [1.29, 1.82) is 0 Å². The number of halogens is 3. The van der Waals surface area contributed by atoms with Gasteiger partial charge in [-0.1, -0.05) is 0 Å². The lowest BCUT2D eigenvalue weighted by Crippen LogP contribution is -2.49. The summed E-state index contributed by atoms with van der Waals surface area (Å²) in [6.45, 7) is 0.595. The molecule has 0 saturated heterocycles. The number of rotatable bonds is 4. The molecule has 9 heteroatoms. The van der Waals surface area contributed by atoms with Crippen LogP contribution in [0.25, 0.3) is 10.9 Å². The van der Waals surface area contributed by atoms with Crippen molar-refractivity contribution in [1.82, 2.24) is 19.8 Å². The number of carbonyl (C=O) groups excluding carboxylic acids is 1. The van der Waals surface area contributed by atoms with Gasteiger partial charge >= 0.3 is 0 Å². The van der Waals surface area contributed by atoms with Crippen LogP contribution in [-0.2, 0) is 11.3 Å². The van der Waals surface area contributed by atoms with E-state index in [1.54, 1.807) is 17.1 Å². The quantitative estimate of drug-likeness (QED) is 0.586. The van der Waals surface area contributed by atoms with E-state index >= 15 is 0 Å². The first-order valence-corrected chi connectivity index (χ1v) is 11.2. The molecule has 3 atom stereocenters. The van der Waals surface area contributed by atoms with Crippen molar-refractivity contribution in [3.63, 3.8) is 0 Å². The molecule has 3 fully saturated rings. The second-order valence-corrected chi connectivity index (χ2v) is 9.41. The minimum Gasteiger partial charge on any atom is -0.273 e. The van der Waals surface area contributed by atoms with Crippen LogP contribution in [0, 0.1) is 41.1 Å². The zero-order valence-corrected chi connectivity index (χ0v) is 17.7. The van der Waals surface area contributed by atoms with Crippen LogP contribution >= 0.6 is 0 Å². The number of carbonyl (C=O) groups is 1. The third-order valence-electron chi connectivity index (χ3n) is 7.58. The Kier molecular flexibility index (Phi) is 4.74. The summed E-state index contributed by atoms with van der Waals surface area (Å²) in [5.74, 6) is -0.985. The molecule has 3 saturated carbocycles. The van der Waals surface area contributed by atoms with Crippen molar-refractivity contribution >= 4 is 23.0 Å². The van der Waals surface area contributed by atoms with E-state index in [1.165, 1.54) is 29.5 Å². The van der Waals surface area contributed by atoms with Crippen molar-refractivity contribution in [3.05, 3.63) is 59.8 Å². The van der Waals surface area contributed by atoms with Crippen molar-refractivity contribution in [2.24, 2.45) is 28.8 Å². The summed E-state index contributed by atoms with van der Waals surface area (Å²) in [7, 11) is 0. The molecular formula is C24H22F3N5O. The molecule has 1 amide bonds. The van der Waals surface area contributed by atoms with E-state index in [0.717, 1.165) is 18.9 Å². The van der Waals surface area contributed by atoms with Gasteiger partial charge in [-0.25, -0.2) is 18.2 Å². The molecule has 3 aliphatic carbocycles. The maximum Gasteiger partial charge on any atom is 0.246 e. The first-order valence-electron chi connectivity index (χ1n) is 11.2. The molecule has 7 rings (SSSR count). The SMILES string of the molecule is O=C([C@H]1C[C@@H](Cn2ncc3c(F)cncc32)C2CC1C2)N1N=CCC1c1cc(F)cc(F)c1. The third kappa shape index (κ3) is 3.41. The van der Waals surface area contributed by atoms with Gasteiger partial charge in [0, 0.05) is 31.2 Å². The van der Waals surface area contributed by atoms with Crippen molar-refractivity contribution in [3.8, 4) is 0 Å². The van der Waals surface area contributed by atoms with Crippen LogP contribution in [0.2, 0.25) is 0 Å². The number of benzene rings is 1. The standard InChI is InChI=1S/C24H22F3N5O/c25-17-5-15(6-18(26)8-17)22-1-2-29-32(22)24(33)19-7-16(13-3-14(19)4-13)12-31-23-11-28-10-21(27)20(23)9-30-31/h2,5-6,8-11,13-14,16,19,22H,1,3-4,7,12H2/t13?,14?,16-,19-,22?/m0/s1. The number of pyridine rings is 1. The summed E-state index contributed by atoms with van der Waals surface area (Å²) in [6.07, 6.45) is 8.98. The molecular weight excluding hydrogens is 431 g/mol. The Labute approximate surface area is 188 Å². The van der Waals surface area contributed by atoms with Gasteiger partial charge in [0.05, 0.1) is 35.5 Å². The highest BCUT2D eigenvalue weighted by Crippen LogP contribution is 2.53. The fourth-order valence-corrected chi connectivity index (χ4v) is 5.83. The van der Waals surface area contributed by atoms with E-state index in [4.69, 9.17) is 0 Å². The summed E-state index contributed by atoms with van der Waals surface area (Å²) < 4.78 is 43.3. The van der Waals surface area contributed by atoms with Gasteiger partial charge in [-0.3, -0.25) is 14.5 Å². The van der Waals surface area contributed by atoms with Crippen LogP contribution in [0.15, 0.2) is 41.9 Å². The van der Waals surface area contributed by atoms with Gasteiger partial charge in [0.1, 0.15) is 11.6 Å². The highest BCUT2D eigenvalue weighted by atomic mass is 19.1. The Hall–Kier alpha value is -3.23. The number of aromatic nitrogens is 3. The van der Waals surface area contributed by atoms with Crippen LogP contribution in [-0.4, -0.2) is 31.9 Å². The van der Waals surface area contributed by atoms with Gasteiger partial charge in [0.15, 0.2) is 5.82 Å². The van der Waals surface area contributed by atoms with E-state index in [0.29, 0.717) is 47.7 Å². The lowest BCUT2D eigenvalue weighted by Gasteiger charge is -2.51. The van der Waals surface area contributed by atoms with Gasteiger partial charge in [0.2, 0.25) is 5.91 Å². The zero-order valence-electron chi connectivity index (χ0n) is 17.7. The van der Waals surface area contributed by atoms with Gasteiger partial charge in [-0.2, -0.15) is 10.2 Å². The lowest BCUT2D eigenvalue weighted by molar-refractivity contribution is -0.147. The first kappa shape index (κ1) is 20.4. The normalized spacial score (nSPS) is 28.3. The Morgan fingerprint density at radius 3 is 2.58 bits per heavy atom. The van der Waals surface area contributed by atoms with E-state index in [1.807, 2.05) is 0 Å². The van der Waals surface area contributed by atoms with Crippen LogP contribution < -0.4 is 0 Å². The summed E-state index contributed by atoms with van der Waals surface area (Å²) in [6, 6.07) is 2.86. The average molecular weight is 453 g/mol. The number of fused-ring (bicyclic) bond motifs is 3. The highest BCUT2D eigenvalue weighted by Gasteiger charge is 2.50. The Morgan fingerprint density at radius 1 is 1.00 bits per heavy atom. The van der Waals surface area contributed by atoms with Crippen LogP contribution in [0.5, 0.6) is 0 Å². The van der Waals surface area contributed by atoms with Gasteiger partial charge in [-0.05, 0) is 54.7 Å². The minimum absolute atomic E-state index is 0.0930. The van der Waals surface area contributed by atoms with Gasteiger partial charge < -0.3 is 0 Å². The topological polar surface area (TPSA) is 63.4 Å². The fourth-order valence-electron chi connectivity index (χ4n) is 5.83. The molecule has 1 aliphatic heterocycles. The molecule has 170 valence electrons. The molecule has 3 aromatic rings. The Bertz CT molecular complexity index is 1250. The zero-order chi connectivity index (χ0) is 22.7. The van der Waals surface area contributed by atoms with E-state index in [-0.39, 0.29) is 17.7 Å². The first-order chi connectivity index (χ1) is 16.0. The van der Waals surface area contributed by atoms with Gasteiger partial charge in [-0.15, -0.1) is 0 Å². The summed E-state index contributed by atoms with van der Waals surface area (Å²) in [5, 5.41) is 10.5. The van der Waals surface area contributed by atoms with E-state index in [9.17, 15) is 18.0 Å². The number of hydrogen-bond acceptors (Lipinski definition) is 4. The predicted octanol–water partition coefficient (Wildman–Crippen LogP) is 4.47. The third-order valence-corrected chi connectivity index (χ3v) is 7.58. The molecule has 0 spiro atoms. The molecule has 6 nitrogen and oxygen atoms in total.